The van der Waals surface area contributed by atoms with Gasteiger partial charge in [0, 0.05) is 24.9 Å². The standard InChI is InChI=1S/C15H21N3O4/c1-3-22-15(20)18(11-9-16)14(19)17-10-8-12-6-4-5-7-13(12)21-2/h4-8,10H,3,9,11,16H2,1-2H3,(H,17,19)/b10-8+. The molecule has 0 unspecified atom stereocenters. The minimum Gasteiger partial charge on any atom is -0.496 e. The van der Waals surface area contributed by atoms with E-state index < -0.39 is 12.1 Å². The third kappa shape index (κ3) is 5.10. The van der Waals surface area contributed by atoms with E-state index in [1.165, 1.54) is 6.20 Å². The second-order valence-corrected chi connectivity index (χ2v) is 4.16. The number of hydrogen-bond donors (Lipinski definition) is 2. The zero-order chi connectivity index (χ0) is 16.4. The molecule has 0 saturated carbocycles. The Labute approximate surface area is 129 Å². The number of nitrogens with zero attached hydrogens (tertiary/aromatic N) is 1. The molecule has 0 spiro atoms. The molecule has 7 nitrogen and oxygen atoms in total. The van der Waals surface area contributed by atoms with Gasteiger partial charge in [-0.1, -0.05) is 18.2 Å². The Morgan fingerprint density at radius 2 is 2.09 bits per heavy atom. The topological polar surface area (TPSA) is 93.9 Å². The summed E-state index contributed by atoms with van der Waals surface area (Å²) in [4.78, 5) is 24.5. The summed E-state index contributed by atoms with van der Waals surface area (Å²) in [7, 11) is 1.56. The summed E-state index contributed by atoms with van der Waals surface area (Å²) in [6.07, 6.45) is 2.38. The molecule has 0 saturated heterocycles. The molecule has 1 aromatic carbocycles. The molecular formula is C15H21N3O4. The molecule has 7 heteroatoms. The quantitative estimate of drug-likeness (QED) is 0.835. The van der Waals surface area contributed by atoms with E-state index in [9.17, 15) is 9.59 Å². The molecule has 0 aliphatic carbocycles. The van der Waals surface area contributed by atoms with Crippen molar-refractivity contribution in [3.05, 3.63) is 36.0 Å². The molecule has 120 valence electrons. The van der Waals surface area contributed by atoms with Crippen LogP contribution in [0.2, 0.25) is 0 Å². The van der Waals surface area contributed by atoms with Crippen LogP contribution in [0, 0.1) is 0 Å². The number of ether oxygens (including phenoxy) is 2. The predicted octanol–water partition coefficient (Wildman–Crippen LogP) is 1.79. The molecule has 0 aliphatic heterocycles. The van der Waals surface area contributed by atoms with Gasteiger partial charge in [-0.15, -0.1) is 0 Å². The van der Waals surface area contributed by atoms with Gasteiger partial charge in [-0.05, 0) is 19.1 Å². The second kappa shape index (κ2) is 9.41. The number of rotatable bonds is 6. The Balaban J connectivity index is 2.69. The highest BCUT2D eigenvalue weighted by molar-refractivity contribution is 5.91. The van der Waals surface area contributed by atoms with Crippen LogP contribution >= 0.6 is 0 Å². The molecule has 0 aliphatic rings. The van der Waals surface area contributed by atoms with Crippen molar-refractivity contribution in [1.82, 2.24) is 10.2 Å². The van der Waals surface area contributed by atoms with Gasteiger partial charge in [0.2, 0.25) is 0 Å². The van der Waals surface area contributed by atoms with Crippen molar-refractivity contribution in [3.63, 3.8) is 0 Å². The highest BCUT2D eigenvalue weighted by atomic mass is 16.6. The van der Waals surface area contributed by atoms with E-state index >= 15 is 0 Å². The van der Waals surface area contributed by atoms with Crippen molar-refractivity contribution in [3.8, 4) is 5.75 Å². The number of nitrogens with two attached hydrogens (primary N) is 1. The first-order chi connectivity index (χ1) is 10.6. The Bertz CT molecular complexity index is 531. The summed E-state index contributed by atoms with van der Waals surface area (Å²) in [6.45, 7) is 2.08. The highest BCUT2D eigenvalue weighted by Gasteiger charge is 2.20. The lowest BCUT2D eigenvalue weighted by Crippen LogP contribution is -2.44. The lowest BCUT2D eigenvalue weighted by molar-refractivity contribution is 0.116. The van der Waals surface area contributed by atoms with Crippen molar-refractivity contribution < 1.29 is 19.1 Å². The van der Waals surface area contributed by atoms with Crippen molar-refractivity contribution in [2.45, 2.75) is 6.92 Å². The van der Waals surface area contributed by atoms with Gasteiger partial charge in [0.1, 0.15) is 5.75 Å². The van der Waals surface area contributed by atoms with Gasteiger partial charge in [0.25, 0.3) is 0 Å². The fourth-order valence-corrected chi connectivity index (χ4v) is 1.69. The summed E-state index contributed by atoms with van der Waals surface area (Å²) in [5, 5.41) is 2.50. The monoisotopic (exact) mass is 307 g/mol. The van der Waals surface area contributed by atoms with Crippen LogP contribution in [0.3, 0.4) is 0 Å². The number of amides is 3. The molecule has 1 rings (SSSR count). The van der Waals surface area contributed by atoms with E-state index in [0.29, 0.717) is 5.75 Å². The molecule has 0 aromatic heterocycles. The molecule has 3 N–H and O–H groups in total. The SMILES string of the molecule is CCOC(=O)N(CCN)C(=O)N/C=C/c1ccccc1OC. The highest BCUT2D eigenvalue weighted by Crippen LogP contribution is 2.18. The normalized spacial score (nSPS) is 10.3. The first-order valence-electron chi connectivity index (χ1n) is 6.88. The van der Waals surface area contributed by atoms with Crippen molar-refractivity contribution >= 4 is 18.2 Å². The number of benzene rings is 1. The van der Waals surface area contributed by atoms with Crippen LogP contribution in [0.15, 0.2) is 30.5 Å². The van der Waals surface area contributed by atoms with Gasteiger partial charge in [0.05, 0.1) is 13.7 Å². The number of imide groups is 1. The zero-order valence-corrected chi connectivity index (χ0v) is 12.7. The molecule has 22 heavy (non-hydrogen) atoms. The third-order valence-corrected chi connectivity index (χ3v) is 2.69. The van der Waals surface area contributed by atoms with Crippen LogP contribution in [0.25, 0.3) is 6.08 Å². The smallest absolute Gasteiger partial charge is 0.418 e. The summed E-state index contributed by atoms with van der Waals surface area (Å²) in [5.74, 6) is 0.678. The van der Waals surface area contributed by atoms with E-state index in [4.69, 9.17) is 15.2 Å². The molecular weight excluding hydrogens is 286 g/mol. The Hall–Kier alpha value is -2.54. The molecule has 0 radical (unpaired) electrons. The number of hydrogen-bond acceptors (Lipinski definition) is 5. The van der Waals surface area contributed by atoms with Crippen molar-refractivity contribution in [1.29, 1.82) is 0 Å². The Kier molecular flexibility index (Phi) is 7.49. The average molecular weight is 307 g/mol. The largest absolute Gasteiger partial charge is 0.496 e. The van der Waals surface area contributed by atoms with E-state index in [-0.39, 0.29) is 19.7 Å². The maximum Gasteiger partial charge on any atom is 0.418 e. The van der Waals surface area contributed by atoms with Crippen molar-refractivity contribution in [2.24, 2.45) is 5.73 Å². The molecule has 0 bridgehead atoms. The van der Waals surface area contributed by atoms with E-state index in [1.54, 1.807) is 26.2 Å². The summed E-state index contributed by atoms with van der Waals surface area (Å²) in [6, 6.07) is 6.74. The predicted molar refractivity (Wildman–Crippen MR) is 83.3 cm³/mol. The van der Waals surface area contributed by atoms with Gasteiger partial charge < -0.3 is 20.5 Å². The number of urea groups is 1. The number of para-hydroxylation sites is 1. The van der Waals surface area contributed by atoms with Gasteiger partial charge >= 0.3 is 12.1 Å². The number of nitrogens with one attached hydrogen (secondary N) is 1. The minimum atomic E-state index is -0.726. The first kappa shape index (κ1) is 17.5. The van der Waals surface area contributed by atoms with Crippen LogP contribution in [0.5, 0.6) is 5.75 Å². The van der Waals surface area contributed by atoms with Crippen LogP contribution in [0.4, 0.5) is 9.59 Å². The Morgan fingerprint density at radius 1 is 1.36 bits per heavy atom. The third-order valence-electron chi connectivity index (χ3n) is 2.69. The van der Waals surface area contributed by atoms with E-state index in [0.717, 1.165) is 10.5 Å². The Morgan fingerprint density at radius 3 is 2.73 bits per heavy atom. The van der Waals surface area contributed by atoms with Crippen molar-refractivity contribution in [2.75, 3.05) is 26.8 Å². The van der Waals surface area contributed by atoms with Crippen LogP contribution in [-0.2, 0) is 4.74 Å². The van der Waals surface area contributed by atoms with Crippen LogP contribution in [0.1, 0.15) is 12.5 Å². The average Bonchev–Trinajstić information content (AvgIpc) is 2.53. The lowest BCUT2D eigenvalue weighted by Gasteiger charge is -2.18. The van der Waals surface area contributed by atoms with E-state index in [1.807, 2.05) is 18.2 Å². The maximum atomic E-state index is 12.0. The summed E-state index contributed by atoms with van der Waals surface area (Å²) < 4.78 is 10.00. The molecule has 0 heterocycles. The fourth-order valence-electron chi connectivity index (χ4n) is 1.69. The van der Waals surface area contributed by atoms with Gasteiger partial charge in [-0.2, -0.15) is 0 Å². The number of carbonyl (C=O) groups is 2. The first-order valence-corrected chi connectivity index (χ1v) is 6.88. The molecule has 1 aromatic rings. The van der Waals surface area contributed by atoms with E-state index in [2.05, 4.69) is 5.32 Å². The molecule has 3 amide bonds. The van der Waals surface area contributed by atoms with Gasteiger partial charge in [-0.3, -0.25) is 0 Å². The van der Waals surface area contributed by atoms with Gasteiger partial charge in [-0.25, -0.2) is 14.5 Å². The lowest BCUT2D eigenvalue weighted by atomic mass is 10.2. The number of methoxy groups -OCH3 is 1. The molecule has 0 atom stereocenters. The zero-order valence-electron chi connectivity index (χ0n) is 12.7. The fraction of sp³-hybridized carbons (Fsp3) is 0.333. The summed E-state index contributed by atoms with van der Waals surface area (Å²) >= 11 is 0. The second-order valence-electron chi connectivity index (χ2n) is 4.16. The van der Waals surface area contributed by atoms with Gasteiger partial charge in [0.15, 0.2) is 0 Å². The number of carbonyl (C=O) groups excluding carboxylic acids is 2. The maximum absolute atomic E-state index is 12.0. The van der Waals surface area contributed by atoms with Crippen LogP contribution < -0.4 is 15.8 Å². The minimum absolute atomic E-state index is 0.0766. The molecule has 0 fully saturated rings. The van der Waals surface area contributed by atoms with Crippen LogP contribution in [-0.4, -0.2) is 43.8 Å². The summed E-state index contributed by atoms with van der Waals surface area (Å²) in [5.41, 5.74) is 6.19.